The van der Waals surface area contributed by atoms with E-state index in [1.807, 2.05) is 37.3 Å². The smallest absolute Gasteiger partial charge is 0.291 e. The summed E-state index contributed by atoms with van der Waals surface area (Å²) in [5, 5.41) is 17.1. The second-order valence-corrected chi connectivity index (χ2v) is 7.12. The average Bonchev–Trinajstić information content (AvgIpc) is 3.52. The Labute approximate surface area is 140 Å². The van der Waals surface area contributed by atoms with E-state index in [9.17, 15) is 9.90 Å². The number of hydrogen-bond donors (Lipinski definition) is 2. The highest BCUT2D eigenvalue weighted by atomic mass is 16.3. The first-order valence-corrected chi connectivity index (χ1v) is 8.56. The molecule has 0 aliphatic heterocycles. The van der Waals surface area contributed by atoms with Crippen LogP contribution in [0.5, 0.6) is 0 Å². The van der Waals surface area contributed by atoms with Crippen LogP contribution in [-0.4, -0.2) is 37.9 Å². The molecule has 0 spiro atoms. The van der Waals surface area contributed by atoms with Crippen LogP contribution < -0.4 is 5.32 Å². The van der Waals surface area contributed by atoms with E-state index < -0.39 is 5.54 Å². The van der Waals surface area contributed by atoms with Gasteiger partial charge in [-0.25, -0.2) is 9.67 Å². The standard InChI is InChI=1S/C18H22N4O2/c1-18(11-23,13-9-10-13)20-17(24)15-19-16(12-7-8-12)22(21-15)14-5-3-2-4-6-14/h2-6,12-13,23H,7-11H2,1H3,(H,20,24). The molecule has 6 nitrogen and oxygen atoms in total. The van der Waals surface area contributed by atoms with E-state index in [0.717, 1.165) is 37.2 Å². The molecule has 2 saturated carbocycles. The number of nitrogens with one attached hydrogen (secondary N) is 1. The van der Waals surface area contributed by atoms with Crippen LogP contribution in [0.2, 0.25) is 0 Å². The zero-order chi connectivity index (χ0) is 16.7. The largest absolute Gasteiger partial charge is 0.394 e. The number of aliphatic hydroxyl groups is 1. The van der Waals surface area contributed by atoms with Gasteiger partial charge < -0.3 is 10.4 Å². The minimum absolute atomic E-state index is 0.0711. The number of rotatable bonds is 6. The van der Waals surface area contributed by atoms with E-state index in [1.165, 1.54) is 0 Å². The van der Waals surface area contributed by atoms with E-state index in [1.54, 1.807) is 4.68 Å². The molecular weight excluding hydrogens is 304 g/mol. The fourth-order valence-corrected chi connectivity index (χ4v) is 3.09. The highest BCUT2D eigenvalue weighted by molar-refractivity contribution is 5.91. The topological polar surface area (TPSA) is 80.0 Å². The number of aliphatic hydroxyl groups excluding tert-OH is 1. The van der Waals surface area contributed by atoms with Gasteiger partial charge in [0.15, 0.2) is 0 Å². The normalized spacial score (nSPS) is 19.8. The Hall–Kier alpha value is -2.21. The average molecular weight is 326 g/mol. The Kier molecular flexibility index (Phi) is 3.64. The third kappa shape index (κ3) is 2.82. The van der Waals surface area contributed by atoms with Gasteiger partial charge in [-0.3, -0.25) is 4.79 Å². The van der Waals surface area contributed by atoms with Crippen LogP contribution in [0.15, 0.2) is 30.3 Å². The summed E-state index contributed by atoms with van der Waals surface area (Å²) >= 11 is 0. The quantitative estimate of drug-likeness (QED) is 0.851. The van der Waals surface area contributed by atoms with E-state index in [4.69, 9.17) is 0 Å². The lowest BCUT2D eigenvalue weighted by molar-refractivity contribution is 0.0814. The van der Waals surface area contributed by atoms with Crippen LogP contribution in [0, 0.1) is 5.92 Å². The molecule has 2 aromatic rings. The summed E-state index contributed by atoms with van der Waals surface area (Å²) in [5.74, 6) is 1.44. The Morgan fingerprint density at radius 2 is 2.00 bits per heavy atom. The molecule has 2 N–H and O–H groups in total. The van der Waals surface area contributed by atoms with Crippen molar-refractivity contribution < 1.29 is 9.90 Å². The summed E-state index contributed by atoms with van der Waals surface area (Å²) in [6.07, 6.45) is 4.25. The summed E-state index contributed by atoms with van der Waals surface area (Å²) in [6, 6.07) is 9.77. The van der Waals surface area contributed by atoms with Crippen LogP contribution in [-0.2, 0) is 0 Å². The first kappa shape index (κ1) is 15.3. The lowest BCUT2D eigenvalue weighted by Gasteiger charge is -2.28. The van der Waals surface area contributed by atoms with Gasteiger partial charge >= 0.3 is 0 Å². The summed E-state index contributed by atoms with van der Waals surface area (Å²) in [6.45, 7) is 1.82. The molecule has 0 bridgehead atoms. The number of benzene rings is 1. The number of nitrogens with zero attached hydrogens (tertiary/aromatic N) is 3. The second kappa shape index (κ2) is 5.70. The monoisotopic (exact) mass is 326 g/mol. The van der Waals surface area contributed by atoms with Gasteiger partial charge in [-0.1, -0.05) is 18.2 Å². The van der Waals surface area contributed by atoms with Gasteiger partial charge in [0.2, 0.25) is 5.82 Å². The van der Waals surface area contributed by atoms with Crippen LogP contribution in [0.1, 0.15) is 55.0 Å². The first-order chi connectivity index (χ1) is 11.6. The Balaban J connectivity index is 1.63. The maximum atomic E-state index is 12.6. The maximum Gasteiger partial charge on any atom is 0.291 e. The minimum Gasteiger partial charge on any atom is -0.394 e. The number of amides is 1. The molecule has 24 heavy (non-hydrogen) atoms. The minimum atomic E-state index is -0.588. The van der Waals surface area contributed by atoms with Crippen molar-refractivity contribution in [2.24, 2.45) is 5.92 Å². The third-order valence-electron chi connectivity index (χ3n) is 4.98. The van der Waals surface area contributed by atoms with Crippen molar-refractivity contribution >= 4 is 5.91 Å². The highest BCUT2D eigenvalue weighted by Crippen LogP contribution is 2.40. The molecule has 1 aromatic carbocycles. The molecule has 2 aliphatic carbocycles. The number of hydrogen-bond acceptors (Lipinski definition) is 4. The van der Waals surface area contributed by atoms with E-state index in [2.05, 4.69) is 15.4 Å². The summed E-state index contributed by atoms with van der Waals surface area (Å²) < 4.78 is 1.78. The Bertz CT molecular complexity index is 750. The van der Waals surface area contributed by atoms with Crippen molar-refractivity contribution in [3.63, 3.8) is 0 Å². The summed E-state index contributed by atoms with van der Waals surface area (Å²) in [5.41, 5.74) is 0.327. The van der Waals surface area contributed by atoms with Crippen molar-refractivity contribution in [2.45, 2.75) is 44.1 Å². The number of carbonyl (C=O) groups is 1. The molecule has 4 rings (SSSR count). The van der Waals surface area contributed by atoms with Crippen LogP contribution >= 0.6 is 0 Å². The van der Waals surface area contributed by atoms with Gasteiger partial charge in [-0.15, -0.1) is 5.10 Å². The molecule has 6 heteroatoms. The van der Waals surface area contributed by atoms with Crippen molar-refractivity contribution in [3.8, 4) is 5.69 Å². The van der Waals surface area contributed by atoms with Crippen molar-refractivity contribution in [2.75, 3.05) is 6.61 Å². The SMILES string of the molecule is CC(CO)(NC(=O)c1nc(C2CC2)n(-c2ccccc2)n1)C1CC1. The summed E-state index contributed by atoms with van der Waals surface area (Å²) in [7, 11) is 0. The van der Waals surface area contributed by atoms with Gasteiger partial charge in [0.25, 0.3) is 5.91 Å². The van der Waals surface area contributed by atoms with Crippen molar-refractivity contribution in [3.05, 3.63) is 42.0 Å². The van der Waals surface area contributed by atoms with Gasteiger partial charge in [0.05, 0.1) is 17.8 Å². The van der Waals surface area contributed by atoms with Gasteiger partial charge in [-0.2, -0.15) is 0 Å². The van der Waals surface area contributed by atoms with E-state index in [-0.39, 0.29) is 18.3 Å². The van der Waals surface area contributed by atoms with Crippen LogP contribution in [0.3, 0.4) is 0 Å². The van der Waals surface area contributed by atoms with Crippen molar-refractivity contribution in [1.29, 1.82) is 0 Å². The molecule has 1 heterocycles. The molecule has 126 valence electrons. The number of para-hydroxylation sites is 1. The van der Waals surface area contributed by atoms with Gasteiger partial charge in [0.1, 0.15) is 5.82 Å². The number of carbonyl (C=O) groups excluding carboxylic acids is 1. The molecule has 0 radical (unpaired) electrons. The first-order valence-electron chi connectivity index (χ1n) is 8.56. The van der Waals surface area contributed by atoms with Gasteiger partial charge in [-0.05, 0) is 50.7 Å². The zero-order valence-electron chi connectivity index (χ0n) is 13.8. The van der Waals surface area contributed by atoms with Crippen molar-refractivity contribution in [1.82, 2.24) is 20.1 Å². The zero-order valence-corrected chi connectivity index (χ0v) is 13.8. The summed E-state index contributed by atoms with van der Waals surface area (Å²) in [4.78, 5) is 17.1. The van der Waals surface area contributed by atoms with Crippen LogP contribution in [0.4, 0.5) is 0 Å². The van der Waals surface area contributed by atoms with Crippen LogP contribution in [0.25, 0.3) is 5.69 Å². The fourth-order valence-electron chi connectivity index (χ4n) is 3.09. The molecule has 2 aliphatic rings. The third-order valence-corrected chi connectivity index (χ3v) is 4.98. The second-order valence-electron chi connectivity index (χ2n) is 7.12. The Morgan fingerprint density at radius 3 is 2.58 bits per heavy atom. The lowest BCUT2D eigenvalue weighted by Crippen LogP contribution is -2.51. The van der Waals surface area contributed by atoms with Gasteiger partial charge in [0, 0.05) is 5.92 Å². The molecule has 1 unspecified atom stereocenters. The van der Waals surface area contributed by atoms with E-state index in [0.29, 0.717) is 11.8 Å². The molecule has 2 fully saturated rings. The molecule has 1 atom stereocenters. The fraction of sp³-hybridized carbons (Fsp3) is 0.500. The molecular formula is C18H22N4O2. The Morgan fingerprint density at radius 1 is 1.29 bits per heavy atom. The highest BCUT2D eigenvalue weighted by Gasteiger charge is 2.43. The predicted octanol–water partition coefficient (Wildman–Crippen LogP) is 2.04. The predicted molar refractivity (Wildman–Crippen MR) is 89.0 cm³/mol. The lowest BCUT2D eigenvalue weighted by atomic mass is 9.97. The molecule has 1 aromatic heterocycles. The maximum absolute atomic E-state index is 12.6. The number of aromatic nitrogens is 3. The van der Waals surface area contributed by atoms with E-state index >= 15 is 0 Å². The molecule has 0 saturated heterocycles. The molecule has 1 amide bonds.